The Morgan fingerprint density at radius 1 is 1.20 bits per heavy atom. The molecule has 0 atom stereocenters. The minimum Gasteiger partial charge on any atom is -0.457 e. The standard InChI is InChI=1S/C7H6O.C6H15N/c1-5-4-6-2-3-7(5)8-6;1-2-3-4-5-6-7/h2-4H,1H3;2-7H2,1H3. The van der Waals surface area contributed by atoms with Crippen LogP contribution in [0.5, 0.6) is 0 Å². The molecular formula is C13H21NO. The van der Waals surface area contributed by atoms with Crippen LogP contribution < -0.4 is 5.73 Å². The first-order valence-corrected chi connectivity index (χ1v) is 5.76. The summed E-state index contributed by atoms with van der Waals surface area (Å²) >= 11 is 0. The van der Waals surface area contributed by atoms with Crippen molar-refractivity contribution in [1.29, 1.82) is 0 Å². The Balaban J connectivity index is 0.000000153. The van der Waals surface area contributed by atoms with Gasteiger partial charge in [-0.1, -0.05) is 26.2 Å². The summed E-state index contributed by atoms with van der Waals surface area (Å²) < 4.78 is 5.21. The summed E-state index contributed by atoms with van der Waals surface area (Å²) in [6.07, 6.45) is 5.16. The van der Waals surface area contributed by atoms with Gasteiger partial charge in [0.2, 0.25) is 0 Å². The van der Waals surface area contributed by atoms with Gasteiger partial charge in [0.15, 0.2) is 0 Å². The molecule has 0 fully saturated rings. The van der Waals surface area contributed by atoms with Crippen molar-refractivity contribution in [3.8, 4) is 0 Å². The average Bonchev–Trinajstić information content (AvgIpc) is 2.81. The van der Waals surface area contributed by atoms with Crippen molar-refractivity contribution in [3.63, 3.8) is 0 Å². The van der Waals surface area contributed by atoms with E-state index in [1.165, 1.54) is 31.2 Å². The van der Waals surface area contributed by atoms with Gasteiger partial charge in [0.05, 0.1) is 0 Å². The molecule has 0 spiro atoms. The van der Waals surface area contributed by atoms with Crippen LogP contribution in [-0.2, 0) is 0 Å². The largest absolute Gasteiger partial charge is 0.457 e. The van der Waals surface area contributed by atoms with Gasteiger partial charge in [0.1, 0.15) is 11.2 Å². The third-order valence-corrected chi connectivity index (χ3v) is 2.43. The zero-order valence-electron chi connectivity index (χ0n) is 9.75. The van der Waals surface area contributed by atoms with Gasteiger partial charge in [0.25, 0.3) is 0 Å². The van der Waals surface area contributed by atoms with Crippen molar-refractivity contribution >= 4 is 11.2 Å². The predicted molar refractivity (Wildman–Crippen MR) is 65.3 cm³/mol. The van der Waals surface area contributed by atoms with Crippen molar-refractivity contribution in [3.05, 3.63) is 23.8 Å². The maximum Gasteiger partial charge on any atom is 0.130 e. The van der Waals surface area contributed by atoms with E-state index in [-0.39, 0.29) is 0 Å². The van der Waals surface area contributed by atoms with Crippen LogP contribution in [0.2, 0.25) is 0 Å². The van der Waals surface area contributed by atoms with Crippen LogP contribution in [0.4, 0.5) is 0 Å². The highest BCUT2D eigenvalue weighted by molar-refractivity contribution is 5.64. The first-order valence-electron chi connectivity index (χ1n) is 5.76. The van der Waals surface area contributed by atoms with Gasteiger partial charge >= 0.3 is 0 Å². The molecule has 2 aromatic rings. The molecule has 2 aromatic heterocycles. The second-order valence-electron chi connectivity index (χ2n) is 3.88. The van der Waals surface area contributed by atoms with Gasteiger partial charge in [-0.05, 0) is 43.7 Å². The Hall–Kier alpha value is -1.02. The molecule has 2 heterocycles. The van der Waals surface area contributed by atoms with E-state index in [0.717, 1.165) is 17.7 Å². The summed E-state index contributed by atoms with van der Waals surface area (Å²) in [4.78, 5) is 0. The van der Waals surface area contributed by atoms with Gasteiger partial charge in [-0.25, -0.2) is 0 Å². The van der Waals surface area contributed by atoms with Crippen molar-refractivity contribution < 1.29 is 4.42 Å². The van der Waals surface area contributed by atoms with Crippen molar-refractivity contribution in [2.24, 2.45) is 5.73 Å². The number of hydrogen-bond donors (Lipinski definition) is 1. The molecule has 0 saturated heterocycles. The number of benzene rings is 1. The zero-order chi connectivity index (χ0) is 11.1. The molecule has 2 bridgehead atoms. The average molecular weight is 207 g/mol. The van der Waals surface area contributed by atoms with E-state index in [4.69, 9.17) is 10.2 Å². The van der Waals surface area contributed by atoms with Gasteiger partial charge < -0.3 is 10.2 Å². The van der Waals surface area contributed by atoms with Crippen molar-refractivity contribution in [2.45, 2.75) is 39.5 Å². The molecule has 84 valence electrons. The molecule has 15 heavy (non-hydrogen) atoms. The molecule has 0 aliphatic carbocycles. The SMILES string of the molecule is CCCCCCN.Cc1cc2ccc1o2. The fourth-order valence-electron chi connectivity index (χ4n) is 1.50. The van der Waals surface area contributed by atoms with Crippen LogP contribution >= 0.6 is 0 Å². The van der Waals surface area contributed by atoms with Gasteiger partial charge in [-0.3, -0.25) is 0 Å². The number of furan rings is 2. The van der Waals surface area contributed by atoms with E-state index in [9.17, 15) is 0 Å². The Morgan fingerprint density at radius 3 is 2.33 bits per heavy atom. The highest BCUT2D eigenvalue weighted by Gasteiger charge is 1.99. The lowest BCUT2D eigenvalue weighted by Gasteiger charge is -1.90. The number of nitrogens with two attached hydrogens (primary N) is 1. The third kappa shape index (κ3) is 3.92. The smallest absolute Gasteiger partial charge is 0.130 e. The Morgan fingerprint density at radius 2 is 2.00 bits per heavy atom. The molecule has 0 saturated carbocycles. The van der Waals surface area contributed by atoms with Crippen LogP contribution in [0, 0.1) is 6.92 Å². The molecular weight excluding hydrogens is 186 g/mol. The number of hydrogen-bond acceptors (Lipinski definition) is 2. The van der Waals surface area contributed by atoms with Crippen LogP contribution in [0.25, 0.3) is 11.2 Å². The predicted octanol–water partition coefficient (Wildman–Crippen LogP) is 3.70. The molecule has 2 nitrogen and oxygen atoms in total. The first-order chi connectivity index (χ1) is 7.27. The van der Waals surface area contributed by atoms with E-state index in [0.29, 0.717) is 0 Å². The Kier molecular flexibility index (Phi) is 5.19. The van der Waals surface area contributed by atoms with Gasteiger partial charge in [0, 0.05) is 0 Å². The summed E-state index contributed by atoms with van der Waals surface area (Å²) in [5, 5.41) is 0. The molecule has 0 aliphatic rings. The Bertz CT molecular complexity index is 349. The molecule has 2 rings (SSSR count). The topological polar surface area (TPSA) is 39.2 Å². The summed E-state index contributed by atoms with van der Waals surface area (Å²) in [6.45, 7) is 5.11. The molecule has 0 aromatic carbocycles. The lowest BCUT2D eigenvalue weighted by atomic mass is 10.2. The number of fused-ring (bicyclic) bond motifs is 2. The first kappa shape index (κ1) is 12.1. The number of unbranched alkanes of at least 4 members (excludes halogenated alkanes) is 3. The van der Waals surface area contributed by atoms with E-state index in [1.54, 1.807) is 0 Å². The fourth-order valence-corrected chi connectivity index (χ4v) is 1.50. The zero-order valence-corrected chi connectivity index (χ0v) is 9.75. The minimum atomic E-state index is 0.861. The minimum absolute atomic E-state index is 0.861. The number of rotatable bonds is 4. The second kappa shape index (κ2) is 6.46. The summed E-state index contributed by atoms with van der Waals surface area (Å²) in [5.41, 5.74) is 8.51. The monoisotopic (exact) mass is 207 g/mol. The van der Waals surface area contributed by atoms with E-state index in [2.05, 4.69) is 6.92 Å². The molecule has 0 unspecified atom stereocenters. The lowest BCUT2D eigenvalue weighted by molar-refractivity contribution is 0.674. The second-order valence-corrected chi connectivity index (χ2v) is 3.88. The molecule has 0 amide bonds. The van der Waals surface area contributed by atoms with E-state index < -0.39 is 0 Å². The van der Waals surface area contributed by atoms with Crippen molar-refractivity contribution in [1.82, 2.24) is 0 Å². The maximum absolute atomic E-state index is 5.27. The Labute approximate surface area is 91.8 Å². The fraction of sp³-hybridized carbons (Fsp3) is 0.538. The third-order valence-electron chi connectivity index (χ3n) is 2.43. The number of aryl methyl sites for hydroxylation is 1. The maximum atomic E-state index is 5.27. The highest BCUT2D eigenvalue weighted by atomic mass is 16.3. The molecule has 0 aliphatic heterocycles. The molecule has 2 heteroatoms. The highest BCUT2D eigenvalue weighted by Crippen LogP contribution is 2.19. The van der Waals surface area contributed by atoms with Gasteiger partial charge in [-0.15, -0.1) is 0 Å². The quantitative estimate of drug-likeness (QED) is 0.776. The normalized spacial score (nSPS) is 10.3. The van der Waals surface area contributed by atoms with Crippen LogP contribution in [-0.4, -0.2) is 6.54 Å². The summed E-state index contributed by atoms with van der Waals surface area (Å²) in [6, 6.07) is 6.00. The van der Waals surface area contributed by atoms with Crippen LogP contribution in [0.15, 0.2) is 22.6 Å². The van der Waals surface area contributed by atoms with Crippen LogP contribution in [0.1, 0.15) is 38.2 Å². The van der Waals surface area contributed by atoms with E-state index >= 15 is 0 Å². The van der Waals surface area contributed by atoms with E-state index in [1.807, 2.05) is 25.1 Å². The van der Waals surface area contributed by atoms with Crippen molar-refractivity contribution in [2.75, 3.05) is 6.54 Å². The lowest BCUT2D eigenvalue weighted by Crippen LogP contribution is -1.97. The molecule has 2 N–H and O–H groups in total. The summed E-state index contributed by atoms with van der Waals surface area (Å²) in [5.74, 6) is 0. The van der Waals surface area contributed by atoms with Crippen LogP contribution in [0.3, 0.4) is 0 Å². The molecule has 0 radical (unpaired) electrons. The summed E-state index contributed by atoms with van der Waals surface area (Å²) in [7, 11) is 0. The van der Waals surface area contributed by atoms with Gasteiger partial charge in [-0.2, -0.15) is 0 Å².